The van der Waals surface area contributed by atoms with E-state index in [0.29, 0.717) is 5.56 Å². The van der Waals surface area contributed by atoms with Crippen LogP contribution in [-0.4, -0.2) is 20.8 Å². The molecule has 0 radical (unpaired) electrons. The lowest BCUT2D eigenvalue weighted by molar-refractivity contribution is 1.04. The van der Waals surface area contributed by atoms with Crippen LogP contribution in [0.2, 0.25) is 0 Å². The van der Waals surface area contributed by atoms with Crippen molar-refractivity contribution in [2.24, 2.45) is 4.99 Å². The standard InChI is InChI=1S/C30H21N5/c1-20-24(11-13-32-2)25-7-3-5-9-28(25)34(20)22-15-21(18-31)16-23(17-22)35-29-10-6-4-8-26(29)27-12-14-33-19-30(27)35/h3-17,19H,2H2,1H3/b13-11-. The Hall–Kier alpha value is -4.95. The molecule has 3 aromatic carbocycles. The molecule has 166 valence electrons. The summed E-state index contributed by atoms with van der Waals surface area (Å²) in [5, 5.41) is 13.4. The molecule has 0 bridgehead atoms. The molecular weight excluding hydrogens is 430 g/mol. The van der Waals surface area contributed by atoms with Gasteiger partial charge in [0.15, 0.2) is 0 Å². The molecule has 5 nitrogen and oxygen atoms in total. The molecule has 0 saturated heterocycles. The maximum atomic E-state index is 9.95. The monoisotopic (exact) mass is 451 g/mol. The maximum Gasteiger partial charge on any atom is 0.0993 e. The van der Waals surface area contributed by atoms with Crippen molar-refractivity contribution >= 4 is 45.5 Å². The van der Waals surface area contributed by atoms with Crippen LogP contribution in [0.3, 0.4) is 0 Å². The highest BCUT2D eigenvalue weighted by Gasteiger charge is 2.17. The summed E-state index contributed by atoms with van der Waals surface area (Å²) < 4.78 is 4.39. The zero-order valence-corrected chi connectivity index (χ0v) is 19.2. The molecule has 0 aliphatic heterocycles. The number of para-hydroxylation sites is 2. The predicted molar refractivity (Wildman–Crippen MR) is 143 cm³/mol. The number of aliphatic imine (C=N–C) groups is 1. The Morgan fingerprint density at radius 1 is 0.857 bits per heavy atom. The van der Waals surface area contributed by atoms with Gasteiger partial charge < -0.3 is 9.13 Å². The fourth-order valence-electron chi connectivity index (χ4n) is 5.08. The van der Waals surface area contributed by atoms with E-state index in [9.17, 15) is 5.26 Å². The van der Waals surface area contributed by atoms with Crippen LogP contribution in [0, 0.1) is 18.3 Å². The van der Waals surface area contributed by atoms with Crippen molar-refractivity contribution in [2.75, 3.05) is 0 Å². The number of nitriles is 1. The molecule has 5 heteroatoms. The number of fused-ring (bicyclic) bond motifs is 4. The van der Waals surface area contributed by atoms with Crippen molar-refractivity contribution in [3.8, 4) is 17.4 Å². The molecule has 6 rings (SSSR count). The number of hydrogen-bond acceptors (Lipinski definition) is 3. The number of aromatic nitrogens is 3. The minimum atomic E-state index is 0.592. The molecule has 0 fully saturated rings. The van der Waals surface area contributed by atoms with Crippen molar-refractivity contribution in [1.82, 2.24) is 14.1 Å². The Kier molecular flexibility index (Phi) is 4.79. The Balaban J connectivity index is 1.69. The van der Waals surface area contributed by atoms with Crippen LogP contribution in [0.25, 0.3) is 50.2 Å². The van der Waals surface area contributed by atoms with Crippen molar-refractivity contribution in [3.63, 3.8) is 0 Å². The zero-order valence-electron chi connectivity index (χ0n) is 19.2. The fourth-order valence-corrected chi connectivity index (χ4v) is 5.08. The van der Waals surface area contributed by atoms with Crippen LogP contribution in [0.15, 0.2) is 96.4 Å². The third-order valence-electron chi connectivity index (χ3n) is 6.53. The first-order valence-corrected chi connectivity index (χ1v) is 11.3. The summed E-state index contributed by atoms with van der Waals surface area (Å²) in [4.78, 5) is 8.29. The molecule has 3 heterocycles. The number of hydrogen-bond donors (Lipinski definition) is 0. The molecule has 0 aliphatic rings. The van der Waals surface area contributed by atoms with Gasteiger partial charge in [0.1, 0.15) is 0 Å². The van der Waals surface area contributed by atoms with E-state index in [4.69, 9.17) is 0 Å². The van der Waals surface area contributed by atoms with Crippen molar-refractivity contribution in [2.45, 2.75) is 6.92 Å². The topological polar surface area (TPSA) is 58.9 Å². The average molecular weight is 452 g/mol. The first kappa shape index (κ1) is 20.6. The Morgan fingerprint density at radius 3 is 2.26 bits per heavy atom. The quantitative estimate of drug-likeness (QED) is 0.272. The van der Waals surface area contributed by atoms with Crippen molar-refractivity contribution in [3.05, 3.63) is 108 Å². The highest BCUT2D eigenvalue weighted by Crippen LogP contribution is 2.34. The van der Waals surface area contributed by atoms with Gasteiger partial charge in [0.25, 0.3) is 0 Å². The second-order valence-electron chi connectivity index (χ2n) is 8.45. The lowest BCUT2D eigenvalue weighted by Gasteiger charge is -2.14. The van der Waals surface area contributed by atoms with Gasteiger partial charge in [0, 0.05) is 51.2 Å². The molecule has 6 aromatic rings. The SMILES string of the molecule is C=N/C=C\c1c(C)n(-c2cc(C#N)cc(-n3c4ccccc4c4ccncc43)c2)c2ccccc12. The Morgan fingerprint density at radius 2 is 1.51 bits per heavy atom. The molecule has 0 N–H and O–H groups in total. The molecule has 0 saturated carbocycles. The second-order valence-corrected chi connectivity index (χ2v) is 8.45. The van der Waals surface area contributed by atoms with Gasteiger partial charge in [-0.05, 0) is 56.1 Å². The molecule has 35 heavy (non-hydrogen) atoms. The molecule has 0 amide bonds. The smallest absolute Gasteiger partial charge is 0.0993 e. The van der Waals surface area contributed by atoms with E-state index in [1.54, 1.807) is 6.20 Å². The van der Waals surface area contributed by atoms with Gasteiger partial charge in [-0.3, -0.25) is 9.98 Å². The Labute approximate surface area is 202 Å². The highest BCUT2D eigenvalue weighted by molar-refractivity contribution is 6.09. The van der Waals surface area contributed by atoms with Gasteiger partial charge in [0.2, 0.25) is 0 Å². The van der Waals surface area contributed by atoms with Gasteiger partial charge in [-0.2, -0.15) is 5.26 Å². The maximum absolute atomic E-state index is 9.95. The van der Waals surface area contributed by atoms with Crippen LogP contribution in [0.1, 0.15) is 16.8 Å². The van der Waals surface area contributed by atoms with Crippen molar-refractivity contribution in [1.29, 1.82) is 5.26 Å². The first-order valence-electron chi connectivity index (χ1n) is 11.3. The molecule has 0 spiro atoms. The number of rotatable bonds is 4. The van der Waals surface area contributed by atoms with Gasteiger partial charge in [0.05, 0.1) is 34.4 Å². The van der Waals surface area contributed by atoms with E-state index in [2.05, 4.69) is 69.2 Å². The van der Waals surface area contributed by atoms with Crippen LogP contribution in [-0.2, 0) is 0 Å². The lowest BCUT2D eigenvalue weighted by atomic mass is 10.1. The first-order chi connectivity index (χ1) is 17.2. The summed E-state index contributed by atoms with van der Waals surface area (Å²) in [6.45, 7) is 5.66. The fraction of sp³-hybridized carbons (Fsp3) is 0.0333. The molecule has 0 atom stereocenters. The van der Waals surface area contributed by atoms with Crippen molar-refractivity contribution < 1.29 is 0 Å². The van der Waals surface area contributed by atoms with E-state index < -0.39 is 0 Å². The number of benzene rings is 3. The summed E-state index contributed by atoms with van der Waals surface area (Å²) in [5.41, 5.74) is 7.73. The summed E-state index contributed by atoms with van der Waals surface area (Å²) in [6, 6.07) is 27.0. The van der Waals surface area contributed by atoms with E-state index in [1.807, 2.05) is 60.9 Å². The third kappa shape index (κ3) is 3.16. The second kappa shape index (κ2) is 8.12. The highest BCUT2D eigenvalue weighted by atomic mass is 15.0. The van der Waals surface area contributed by atoms with E-state index in [1.165, 1.54) is 0 Å². The van der Waals surface area contributed by atoms with Gasteiger partial charge >= 0.3 is 0 Å². The molecule has 0 unspecified atom stereocenters. The summed E-state index contributed by atoms with van der Waals surface area (Å²) >= 11 is 0. The lowest BCUT2D eigenvalue weighted by Crippen LogP contribution is -2.01. The summed E-state index contributed by atoms with van der Waals surface area (Å²) in [5.74, 6) is 0. The normalized spacial score (nSPS) is 11.5. The predicted octanol–water partition coefficient (Wildman–Crippen LogP) is 6.97. The van der Waals surface area contributed by atoms with Gasteiger partial charge in [-0.1, -0.05) is 36.4 Å². The van der Waals surface area contributed by atoms with E-state index >= 15 is 0 Å². The van der Waals surface area contributed by atoms with Crippen LogP contribution < -0.4 is 0 Å². The number of pyridine rings is 1. The molecule has 0 aliphatic carbocycles. The molecular formula is C30H21N5. The average Bonchev–Trinajstić information content (AvgIpc) is 3.38. The van der Waals surface area contributed by atoms with Crippen LogP contribution in [0.4, 0.5) is 0 Å². The van der Waals surface area contributed by atoms with Crippen LogP contribution >= 0.6 is 0 Å². The minimum Gasteiger partial charge on any atom is -0.313 e. The van der Waals surface area contributed by atoms with Gasteiger partial charge in [-0.15, -0.1) is 0 Å². The third-order valence-corrected chi connectivity index (χ3v) is 6.53. The largest absolute Gasteiger partial charge is 0.313 e. The van der Waals surface area contributed by atoms with E-state index in [-0.39, 0.29) is 0 Å². The molecule has 3 aromatic heterocycles. The van der Waals surface area contributed by atoms with Gasteiger partial charge in [-0.25, -0.2) is 0 Å². The van der Waals surface area contributed by atoms with E-state index in [0.717, 1.165) is 55.3 Å². The summed E-state index contributed by atoms with van der Waals surface area (Å²) in [7, 11) is 0. The summed E-state index contributed by atoms with van der Waals surface area (Å²) in [6.07, 6.45) is 7.39. The minimum absolute atomic E-state index is 0.592. The Bertz CT molecular complexity index is 1790. The zero-order chi connectivity index (χ0) is 23.9. The number of nitrogens with zero attached hydrogens (tertiary/aromatic N) is 5. The van der Waals surface area contributed by atoms with Crippen LogP contribution in [0.5, 0.6) is 0 Å².